The summed E-state index contributed by atoms with van der Waals surface area (Å²) in [5, 5.41) is 6.26. The lowest BCUT2D eigenvalue weighted by Gasteiger charge is -2.20. The molecule has 9 aromatic rings. The molecule has 47 heavy (non-hydrogen) atoms. The molecule has 0 fully saturated rings. The highest BCUT2D eigenvalue weighted by Crippen LogP contribution is 2.38. The summed E-state index contributed by atoms with van der Waals surface area (Å²) in [5.74, 6) is 0. The summed E-state index contributed by atoms with van der Waals surface area (Å²) in [7, 11) is 0. The second kappa shape index (κ2) is 9.85. The second-order valence-electron chi connectivity index (χ2n) is 13.6. The first-order valence-corrected chi connectivity index (χ1v) is 16.1. The van der Waals surface area contributed by atoms with E-state index < -0.39 is 0 Å². The van der Waals surface area contributed by atoms with Gasteiger partial charge in [-0.25, -0.2) is 0 Å². The topological polar surface area (TPSA) is 38.5 Å². The van der Waals surface area contributed by atoms with Crippen LogP contribution in [0, 0.1) is 0 Å². The molecule has 3 heteroatoms. The summed E-state index contributed by atoms with van der Waals surface area (Å²) >= 11 is 0. The minimum atomic E-state index is -0.0600. The van der Waals surface area contributed by atoms with E-state index >= 15 is 0 Å². The van der Waals surface area contributed by atoms with Crippen LogP contribution in [-0.4, -0.2) is 4.40 Å². The lowest BCUT2D eigenvalue weighted by atomic mass is 9.85. The molecule has 224 valence electrons. The Morgan fingerprint density at radius 3 is 1.45 bits per heavy atom. The zero-order valence-electron chi connectivity index (χ0n) is 26.5. The lowest BCUT2D eigenvalue weighted by Crippen LogP contribution is -2.15. The monoisotopic (exact) mass is 605 g/mol. The molecule has 2 aromatic heterocycles. The predicted molar refractivity (Wildman–Crippen MR) is 198 cm³/mol. The molecule has 3 nitrogen and oxygen atoms in total. The minimum absolute atomic E-state index is 0.0483. The Bertz CT molecular complexity index is 2710. The third kappa shape index (κ3) is 3.99. The van der Waals surface area contributed by atoms with E-state index in [1.54, 1.807) is 0 Å². The number of nitrogens with zero attached hydrogens (tertiary/aromatic N) is 1. The van der Waals surface area contributed by atoms with Gasteiger partial charge in [0.1, 0.15) is 0 Å². The summed E-state index contributed by atoms with van der Waals surface area (Å²) in [6.07, 6.45) is 0. The van der Waals surface area contributed by atoms with Crippen LogP contribution in [0.2, 0.25) is 0 Å². The van der Waals surface area contributed by atoms with Crippen LogP contribution in [0.1, 0.15) is 26.3 Å². The van der Waals surface area contributed by atoms with E-state index in [1.165, 1.54) is 5.56 Å². The van der Waals surface area contributed by atoms with Crippen LogP contribution < -0.4 is 10.9 Å². The van der Waals surface area contributed by atoms with E-state index in [1.807, 2.05) is 84.9 Å². The molecule has 0 saturated heterocycles. The Kier molecular flexibility index (Phi) is 5.76. The summed E-state index contributed by atoms with van der Waals surface area (Å²) in [6, 6.07) is 45.3. The van der Waals surface area contributed by atoms with Gasteiger partial charge in [0.15, 0.2) is 10.9 Å². The number of fused-ring (bicyclic) bond motifs is 8. The minimum Gasteiger partial charge on any atom is -0.307 e. The normalized spacial score (nSPS) is 12.3. The number of pyridine rings is 2. The molecule has 7 aromatic carbocycles. The van der Waals surface area contributed by atoms with Gasteiger partial charge in [0.25, 0.3) is 0 Å². The van der Waals surface area contributed by atoms with E-state index in [4.69, 9.17) is 0 Å². The predicted octanol–water partition coefficient (Wildman–Crippen LogP) is 10.5. The van der Waals surface area contributed by atoms with Crippen molar-refractivity contribution in [2.24, 2.45) is 0 Å². The van der Waals surface area contributed by atoms with Gasteiger partial charge in [0.05, 0.1) is 27.3 Å². The summed E-state index contributed by atoms with van der Waals surface area (Å²) in [6.45, 7) is 6.65. The van der Waals surface area contributed by atoms with Crippen LogP contribution in [0.15, 0.2) is 143 Å². The summed E-state index contributed by atoms with van der Waals surface area (Å²) in [5.41, 5.74) is 7.45. The largest absolute Gasteiger partial charge is 0.307 e. The van der Waals surface area contributed by atoms with Crippen molar-refractivity contribution in [1.82, 2.24) is 4.40 Å². The molecule has 0 aliphatic heterocycles. The molecule has 0 unspecified atom stereocenters. The Balaban J connectivity index is 1.46. The Hall–Kier alpha value is -5.80. The molecular weight excluding hydrogens is 574 g/mol. The number of rotatable bonds is 2. The van der Waals surface area contributed by atoms with Crippen LogP contribution in [0.5, 0.6) is 0 Å². The first-order chi connectivity index (χ1) is 22.8. The molecule has 9 rings (SSSR count). The first kappa shape index (κ1) is 27.5. The number of hydrogen-bond acceptors (Lipinski definition) is 2. The van der Waals surface area contributed by atoms with Crippen molar-refractivity contribution in [2.75, 3.05) is 0 Å². The van der Waals surface area contributed by atoms with Crippen molar-refractivity contribution in [3.8, 4) is 22.3 Å². The zero-order valence-corrected chi connectivity index (χ0v) is 26.5. The molecule has 0 aliphatic carbocycles. The Morgan fingerprint density at radius 1 is 0.468 bits per heavy atom. The Labute approximate surface area is 271 Å². The van der Waals surface area contributed by atoms with E-state index in [-0.39, 0.29) is 16.3 Å². The number of hydrogen-bond donors (Lipinski definition) is 0. The molecule has 0 bridgehead atoms. The molecule has 0 saturated carbocycles. The SMILES string of the molecule is CC(C)(C)c1ccc(-c2ccccc2-c2cc3c(=O)c4c5ccccc5ccc4n4c5ccc6ccccc6c5c(=O)c(c2)c34)cc1. The zero-order chi connectivity index (χ0) is 32.0. The van der Waals surface area contributed by atoms with Gasteiger partial charge >= 0.3 is 0 Å². The van der Waals surface area contributed by atoms with Crippen LogP contribution in [0.3, 0.4) is 0 Å². The fraction of sp³-hybridized carbons (Fsp3) is 0.0909. The first-order valence-electron chi connectivity index (χ1n) is 16.1. The van der Waals surface area contributed by atoms with Crippen LogP contribution in [0.25, 0.3) is 81.9 Å². The van der Waals surface area contributed by atoms with E-state index in [0.29, 0.717) is 27.1 Å². The second-order valence-corrected chi connectivity index (χ2v) is 13.6. The van der Waals surface area contributed by atoms with Crippen molar-refractivity contribution >= 4 is 59.6 Å². The highest BCUT2D eigenvalue weighted by Gasteiger charge is 2.22. The van der Waals surface area contributed by atoms with Crippen molar-refractivity contribution in [2.45, 2.75) is 26.2 Å². The quantitative estimate of drug-likeness (QED) is 0.145. The van der Waals surface area contributed by atoms with Gasteiger partial charge in [-0.15, -0.1) is 0 Å². The van der Waals surface area contributed by atoms with E-state index in [2.05, 4.69) is 73.7 Å². The van der Waals surface area contributed by atoms with Gasteiger partial charge in [-0.3, -0.25) is 9.59 Å². The van der Waals surface area contributed by atoms with E-state index in [9.17, 15) is 9.59 Å². The molecule has 0 atom stereocenters. The van der Waals surface area contributed by atoms with Gasteiger partial charge in [-0.1, -0.05) is 130 Å². The Morgan fingerprint density at radius 2 is 0.936 bits per heavy atom. The van der Waals surface area contributed by atoms with Gasteiger partial charge in [0, 0.05) is 10.8 Å². The fourth-order valence-electron chi connectivity index (χ4n) is 7.52. The highest BCUT2D eigenvalue weighted by molar-refractivity contribution is 6.18. The lowest BCUT2D eigenvalue weighted by molar-refractivity contribution is 0.590. The average Bonchev–Trinajstić information content (AvgIpc) is 3.10. The van der Waals surface area contributed by atoms with Crippen LogP contribution in [-0.2, 0) is 5.41 Å². The smallest absolute Gasteiger partial charge is 0.197 e. The molecule has 2 heterocycles. The van der Waals surface area contributed by atoms with Gasteiger partial charge < -0.3 is 4.40 Å². The third-order valence-electron chi connectivity index (χ3n) is 9.87. The molecule has 0 radical (unpaired) electrons. The maximum atomic E-state index is 14.7. The van der Waals surface area contributed by atoms with Crippen molar-refractivity contribution in [3.05, 3.63) is 159 Å². The molecule has 0 spiro atoms. The number of benzene rings is 7. The van der Waals surface area contributed by atoms with Crippen molar-refractivity contribution in [3.63, 3.8) is 0 Å². The fourth-order valence-corrected chi connectivity index (χ4v) is 7.52. The van der Waals surface area contributed by atoms with Gasteiger partial charge in [0.2, 0.25) is 0 Å². The average molecular weight is 606 g/mol. The maximum Gasteiger partial charge on any atom is 0.197 e. The van der Waals surface area contributed by atoms with Gasteiger partial charge in [-0.05, 0) is 79.0 Å². The molecule has 0 aliphatic rings. The highest BCUT2D eigenvalue weighted by atomic mass is 16.1. The molecule has 0 amide bonds. The van der Waals surface area contributed by atoms with Crippen molar-refractivity contribution < 1.29 is 0 Å². The molecule has 0 N–H and O–H groups in total. The standard InChI is InChI=1S/C44H31NO2/c1-44(2,3)30-20-16-28(17-21-30)31-12-8-9-13-32(31)29-24-35-41-36(25-29)43(47)40-34-15-7-5-11-27(34)19-23-38(40)45(41)37-22-18-26-10-4-6-14-33(26)39(37)42(35)46/h4-25H,1-3H3. The summed E-state index contributed by atoms with van der Waals surface area (Å²) in [4.78, 5) is 29.4. The van der Waals surface area contributed by atoms with Crippen LogP contribution >= 0.6 is 0 Å². The molecular formula is C44H31NO2. The summed E-state index contributed by atoms with van der Waals surface area (Å²) < 4.78 is 2.15. The number of aromatic nitrogens is 1. The van der Waals surface area contributed by atoms with Crippen LogP contribution in [0.4, 0.5) is 0 Å². The third-order valence-corrected chi connectivity index (χ3v) is 9.87. The van der Waals surface area contributed by atoms with E-state index in [0.717, 1.165) is 54.8 Å². The maximum absolute atomic E-state index is 14.7. The van der Waals surface area contributed by atoms with Gasteiger partial charge in [-0.2, -0.15) is 0 Å². The van der Waals surface area contributed by atoms with Crippen molar-refractivity contribution in [1.29, 1.82) is 0 Å².